The molecular weight excluding hydrogens is 759 g/mol. The lowest BCUT2D eigenvalue weighted by Crippen LogP contribution is -2.54. The molecular formula is C43H41N7O7S. The second-order valence-electron chi connectivity index (χ2n) is 14.9. The van der Waals surface area contributed by atoms with Crippen molar-refractivity contribution >= 4 is 52.2 Å². The molecule has 1 atom stereocenters. The topological polar surface area (TPSA) is 176 Å². The minimum atomic E-state index is -1.02. The fourth-order valence-corrected chi connectivity index (χ4v) is 8.75. The number of hydrogen-bond donors (Lipinski definition) is 3. The van der Waals surface area contributed by atoms with Crippen molar-refractivity contribution in [3.63, 3.8) is 0 Å². The average Bonchev–Trinajstić information content (AvgIpc) is 3.49. The highest BCUT2D eigenvalue weighted by Crippen LogP contribution is 2.40. The molecule has 1 unspecified atom stereocenters. The number of anilines is 2. The van der Waals surface area contributed by atoms with E-state index in [9.17, 15) is 24.0 Å². The Kier molecular flexibility index (Phi) is 10.1. The van der Waals surface area contributed by atoms with Gasteiger partial charge in [0.05, 0.1) is 41.9 Å². The monoisotopic (exact) mass is 799 g/mol. The predicted molar refractivity (Wildman–Crippen MR) is 216 cm³/mol. The van der Waals surface area contributed by atoms with Crippen LogP contribution in [-0.2, 0) is 32.0 Å². The molecule has 2 aromatic heterocycles. The molecule has 5 aromatic rings. The lowest BCUT2D eigenvalue weighted by molar-refractivity contribution is -0.136. The number of carbonyl (C=O) groups excluding carboxylic acids is 5. The summed E-state index contributed by atoms with van der Waals surface area (Å²) in [5, 5.41) is 6.26. The van der Waals surface area contributed by atoms with Crippen LogP contribution in [0, 0.1) is 12.8 Å². The zero-order valence-electron chi connectivity index (χ0n) is 31.8. The van der Waals surface area contributed by atoms with Crippen LogP contribution < -0.4 is 20.3 Å². The van der Waals surface area contributed by atoms with E-state index in [0.29, 0.717) is 44.2 Å². The molecule has 58 heavy (non-hydrogen) atoms. The zero-order chi connectivity index (χ0) is 39.9. The van der Waals surface area contributed by atoms with Crippen LogP contribution >= 0.6 is 11.3 Å². The Morgan fingerprint density at radius 1 is 0.966 bits per heavy atom. The third-order valence-corrected chi connectivity index (χ3v) is 11.9. The summed E-state index contributed by atoms with van der Waals surface area (Å²) in [6, 6.07) is 18.1. The fraction of sp³-hybridized carbons (Fsp3) is 0.326. The number of benzene rings is 3. The van der Waals surface area contributed by atoms with Gasteiger partial charge in [-0.3, -0.25) is 34.2 Å². The van der Waals surface area contributed by atoms with Gasteiger partial charge in [0.15, 0.2) is 0 Å². The fourth-order valence-electron chi connectivity index (χ4n) is 7.85. The van der Waals surface area contributed by atoms with Gasteiger partial charge in [0.2, 0.25) is 17.7 Å². The molecule has 2 fully saturated rings. The summed E-state index contributed by atoms with van der Waals surface area (Å²) in [5.41, 5.74) is 7.05. The second kappa shape index (κ2) is 15.6. The number of imidazole rings is 1. The summed E-state index contributed by atoms with van der Waals surface area (Å²) in [7, 11) is 0. The number of nitrogens with zero attached hydrogens (tertiary/aromatic N) is 4. The summed E-state index contributed by atoms with van der Waals surface area (Å²) in [6.07, 6.45) is 5.45. The number of aromatic nitrogens is 3. The number of piperidine rings is 1. The second-order valence-corrected chi connectivity index (χ2v) is 16.1. The first kappa shape index (κ1) is 37.4. The molecule has 4 aliphatic rings. The summed E-state index contributed by atoms with van der Waals surface area (Å²) in [4.78, 5) is 80.3. The third kappa shape index (κ3) is 7.38. The van der Waals surface area contributed by atoms with Gasteiger partial charge in [-0.25, -0.2) is 9.97 Å². The molecule has 1 saturated heterocycles. The molecule has 0 radical (unpaired) electrons. The summed E-state index contributed by atoms with van der Waals surface area (Å²) < 4.78 is 11.7. The minimum Gasteiger partial charge on any atom is -0.491 e. The smallest absolute Gasteiger partial charge is 0.264 e. The highest BCUT2D eigenvalue weighted by Gasteiger charge is 2.45. The van der Waals surface area contributed by atoms with Gasteiger partial charge in [-0.2, -0.15) is 0 Å². The Morgan fingerprint density at radius 2 is 1.83 bits per heavy atom. The third-order valence-electron chi connectivity index (χ3n) is 10.9. The van der Waals surface area contributed by atoms with Crippen molar-refractivity contribution in [1.82, 2.24) is 25.2 Å². The standard InChI is InChI=1S/C43H41N7O7S/c1-24-38(28-10-11-33-27(22-28)14-16-49(33)41(53)26-8-9-26)48-40(58-24)32-23-45-35(46-32)21-25-4-2-5-29(20-25)57-19-18-56-17-15-44-31-7-3-6-30-37(31)43(55)50(42(30)54)34-12-13-36(51)47-39(34)52/h2-7,10-11,20,22-23,26,34,44H,8-9,12-19,21H2,1H3,(H,45,46)(H,47,51,52). The van der Waals surface area contributed by atoms with Crippen molar-refractivity contribution in [2.75, 3.05) is 43.1 Å². The molecule has 9 rings (SSSR count). The van der Waals surface area contributed by atoms with E-state index in [-0.39, 0.29) is 35.8 Å². The van der Waals surface area contributed by atoms with Gasteiger partial charge in [0, 0.05) is 53.7 Å². The molecule has 1 aliphatic carbocycles. The Bertz CT molecular complexity index is 2470. The van der Waals surface area contributed by atoms with Gasteiger partial charge in [-0.05, 0) is 80.1 Å². The number of amides is 5. The number of thiazole rings is 1. The maximum absolute atomic E-state index is 13.3. The number of carbonyl (C=O) groups is 5. The van der Waals surface area contributed by atoms with Gasteiger partial charge < -0.3 is 24.7 Å². The van der Waals surface area contributed by atoms with Gasteiger partial charge in [-0.15, -0.1) is 11.3 Å². The Balaban J connectivity index is 0.742. The summed E-state index contributed by atoms with van der Waals surface area (Å²) in [6.45, 7) is 4.19. The van der Waals surface area contributed by atoms with E-state index in [1.807, 2.05) is 35.4 Å². The lowest BCUT2D eigenvalue weighted by Gasteiger charge is -2.27. The molecule has 15 heteroatoms. The van der Waals surface area contributed by atoms with Gasteiger partial charge in [0.1, 0.15) is 29.2 Å². The number of imide groups is 2. The number of rotatable bonds is 14. The molecule has 3 aliphatic heterocycles. The predicted octanol–water partition coefficient (Wildman–Crippen LogP) is 5.31. The van der Waals surface area contributed by atoms with Crippen LogP contribution in [0.4, 0.5) is 11.4 Å². The Morgan fingerprint density at radius 3 is 2.67 bits per heavy atom. The van der Waals surface area contributed by atoms with E-state index in [1.165, 1.54) is 5.56 Å². The van der Waals surface area contributed by atoms with Crippen molar-refractivity contribution in [3.8, 4) is 27.7 Å². The quantitative estimate of drug-likeness (QED) is 0.0987. The maximum Gasteiger partial charge on any atom is 0.264 e. The number of fused-ring (bicyclic) bond motifs is 2. The van der Waals surface area contributed by atoms with Crippen LogP contribution in [0.2, 0.25) is 0 Å². The van der Waals surface area contributed by atoms with Gasteiger partial charge in [0.25, 0.3) is 11.8 Å². The van der Waals surface area contributed by atoms with Gasteiger partial charge in [-0.1, -0.05) is 24.3 Å². The van der Waals surface area contributed by atoms with Crippen molar-refractivity contribution in [1.29, 1.82) is 0 Å². The van der Waals surface area contributed by atoms with Crippen LogP contribution in [0.1, 0.15) is 68.2 Å². The van der Waals surface area contributed by atoms with E-state index >= 15 is 0 Å². The van der Waals surface area contributed by atoms with Crippen molar-refractivity contribution in [2.24, 2.45) is 5.92 Å². The van der Waals surface area contributed by atoms with Crippen LogP contribution in [0.25, 0.3) is 22.0 Å². The molecule has 1 saturated carbocycles. The van der Waals surface area contributed by atoms with Crippen LogP contribution in [0.5, 0.6) is 5.75 Å². The molecule has 0 spiro atoms. The van der Waals surface area contributed by atoms with E-state index in [1.54, 1.807) is 29.5 Å². The minimum absolute atomic E-state index is 0.0621. The highest BCUT2D eigenvalue weighted by atomic mass is 32.1. The summed E-state index contributed by atoms with van der Waals surface area (Å²) >= 11 is 1.63. The number of nitrogens with one attached hydrogen (secondary N) is 3. The zero-order valence-corrected chi connectivity index (χ0v) is 32.7. The van der Waals surface area contributed by atoms with E-state index in [2.05, 4.69) is 45.7 Å². The van der Waals surface area contributed by atoms with Crippen LogP contribution in [0.15, 0.2) is 66.9 Å². The number of aromatic amines is 1. The molecule has 296 valence electrons. The Hall–Kier alpha value is -6.19. The maximum atomic E-state index is 13.3. The van der Waals surface area contributed by atoms with Crippen molar-refractivity contribution in [3.05, 3.63) is 99.8 Å². The van der Waals surface area contributed by atoms with E-state index in [4.69, 9.17) is 14.5 Å². The van der Waals surface area contributed by atoms with E-state index < -0.39 is 29.7 Å². The molecule has 0 bridgehead atoms. The van der Waals surface area contributed by atoms with Crippen molar-refractivity contribution in [2.45, 2.75) is 51.5 Å². The van der Waals surface area contributed by atoms with Crippen molar-refractivity contribution < 1.29 is 33.4 Å². The molecule has 5 amide bonds. The Labute approximate surface area is 338 Å². The molecule has 14 nitrogen and oxygen atoms in total. The number of H-pyrrole nitrogens is 1. The van der Waals surface area contributed by atoms with Gasteiger partial charge >= 0.3 is 0 Å². The molecule has 3 N–H and O–H groups in total. The van der Waals surface area contributed by atoms with E-state index in [0.717, 1.165) is 74.6 Å². The number of ether oxygens (including phenoxy) is 2. The first-order chi connectivity index (χ1) is 28.2. The normalized spacial score (nSPS) is 17.4. The number of hydrogen-bond acceptors (Lipinski definition) is 11. The van der Waals surface area contributed by atoms with Crippen LogP contribution in [0.3, 0.4) is 0 Å². The molecule has 5 heterocycles. The first-order valence-electron chi connectivity index (χ1n) is 19.6. The SMILES string of the molecule is Cc1sc(-c2cnc(Cc3cccc(OCCOCCNc4cccc5c4C(=O)N(C4CCC(=O)NC4=O)C5=O)c3)[nH]2)nc1-c1ccc2c(c1)CCN2C(=O)C1CC1. The molecule has 3 aromatic carbocycles. The largest absolute Gasteiger partial charge is 0.491 e. The summed E-state index contributed by atoms with van der Waals surface area (Å²) in [5.74, 6) is -0.174. The number of aryl methyl sites for hydroxylation is 1. The first-order valence-corrected chi connectivity index (χ1v) is 20.4. The van der Waals surface area contributed by atoms with Crippen LogP contribution in [-0.4, -0.2) is 88.3 Å². The average molecular weight is 800 g/mol. The lowest BCUT2D eigenvalue weighted by atomic mass is 10.0. The highest BCUT2D eigenvalue weighted by molar-refractivity contribution is 7.15.